The number of nitrogens with one attached hydrogen (secondary N) is 1. The molecule has 0 aliphatic heterocycles. The highest BCUT2D eigenvalue weighted by molar-refractivity contribution is 7.98. The fraction of sp³-hybridized carbons (Fsp3) is 0.182. The number of thioether (sulfide) groups is 1. The molecule has 0 saturated carbocycles. The molecular weight excluding hydrogens is 293 g/mol. The predicted molar refractivity (Wildman–Crippen MR) is 73.4 cm³/mol. The van der Waals surface area contributed by atoms with Gasteiger partial charge in [-0.25, -0.2) is 4.98 Å². The van der Waals surface area contributed by atoms with Gasteiger partial charge in [-0.2, -0.15) is 0 Å². The van der Waals surface area contributed by atoms with Crippen LogP contribution in [0, 0.1) is 6.92 Å². The van der Waals surface area contributed by atoms with E-state index in [9.17, 15) is 4.79 Å². The fourth-order valence-corrected chi connectivity index (χ4v) is 2.70. The monoisotopic (exact) mass is 302 g/mol. The molecule has 2 rings (SSSR count). The molecule has 1 N–H and O–H groups in total. The molecule has 0 fully saturated rings. The molecule has 1 unspecified atom stereocenters. The topological polar surface area (TPSA) is 58.6 Å². The van der Waals surface area contributed by atoms with E-state index in [1.54, 1.807) is 6.92 Å². The zero-order valence-electron chi connectivity index (χ0n) is 10.3. The summed E-state index contributed by atoms with van der Waals surface area (Å²) in [6.07, 6.45) is 2.86. The third kappa shape index (κ3) is 3.25. The lowest BCUT2D eigenvalue weighted by Gasteiger charge is -2.05. The third-order valence-electron chi connectivity index (χ3n) is 2.03. The molecule has 94 valence electrons. The molecule has 0 saturated heterocycles. The number of halogens is 2. The van der Waals surface area contributed by atoms with Gasteiger partial charge in [0.1, 0.15) is 0 Å². The Labute approximate surface area is 119 Å². The third-order valence-corrected chi connectivity index (χ3v) is 3.40. The standard InChI is InChI=1S/C11H9Cl2N3OS/c1-6-2-10(17)16-11(15-6)18-5-7-8(12)3-14-4-9(7)13/h2-4H,5H2,1H3,(H,15,16,17)/i5D. The lowest BCUT2D eigenvalue weighted by molar-refractivity contribution is 0.905. The van der Waals surface area contributed by atoms with Gasteiger partial charge in [0.25, 0.3) is 5.56 Å². The first-order valence-corrected chi connectivity index (χ1v) is 6.56. The van der Waals surface area contributed by atoms with E-state index in [1.807, 2.05) is 0 Å². The van der Waals surface area contributed by atoms with E-state index < -0.39 is 5.73 Å². The Morgan fingerprint density at radius 2 is 2.11 bits per heavy atom. The van der Waals surface area contributed by atoms with Gasteiger partial charge in [0.15, 0.2) is 5.16 Å². The molecular formula is C11H9Cl2N3OS. The molecule has 0 amide bonds. The minimum absolute atomic E-state index is 0.255. The van der Waals surface area contributed by atoms with Crippen molar-refractivity contribution in [2.45, 2.75) is 17.8 Å². The van der Waals surface area contributed by atoms with E-state index in [1.165, 1.54) is 18.5 Å². The van der Waals surface area contributed by atoms with Gasteiger partial charge < -0.3 is 4.98 Å². The summed E-state index contributed by atoms with van der Waals surface area (Å²) < 4.78 is 8.08. The number of pyridine rings is 1. The number of aromatic nitrogens is 3. The summed E-state index contributed by atoms with van der Waals surface area (Å²) in [6, 6.07) is 1.38. The van der Waals surface area contributed by atoms with Crippen LogP contribution in [0.5, 0.6) is 0 Å². The summed E-state index contributed by atoms with van der Waals surface area (Å²) in [5, 5.41) is 0.985. The Morgan fingerprint density at radius 1 is 1.44 bits per heavy atom. The highest BCUT2D eigenvalue weighted by Gasteiger charge is 2.08. The number of rotatable bonds is 3. The second-order valence-corrected chi connectivity index (χ2v) is 5.12. The number of aryl methyl sites for hydroxylation is 1. The molecule has 4 nitrogen and oxygen atoms in total. The summed E-state index contributed by atoms with van der Waals surface area (Å²) in [4.78, 5) is 21.9. The van der Waals surface area contributed by atoms with Crippen LogP contribution in [-0.2, 0) is 5.73 Å². The van der Waals surface area contributed by atoms with Crippen LogP contribution in [0.3, 0.4) is 0 Å². The van der Waals surface area contributed by atoms with E-state index in [0.717, 1.165) is 11.8 Å². The Hall–Kier alpha value is -1.04. The van der Waals surface area contributed by atoms with Crippen molar-refractivity contribution >= 4 is 35.0 Å². The number of hydrogen-bond acceptors (Lipinski definition) is 4. The van der Waals surface area contributed by atoms with Crippen LogP contribution >= 0.6 is 35.0 Å². The van der Waals surface area contributed by atoms with Gasteiger partial charge in [0.05, 0.1) is 10.0 Å². The van der Waals surface area contributed by atoms with Crippen LogP contribution in [-0.4, -0.2) is 15.0 Å². The highest BCUT2D eigenvalue weighted by atomic mass is 35.5. The van der Waals surface area contributed by atoms with Crippen molar-refractivity contribution in [3.8, 4) is 0 Å². The molecule has 0 bridgehead atoms. The molecule has 2 aromatic rings. The Balaban J connectivity index is 2.30. The summed E-state index contributed by atoms with van der Waals surface area (Å²) in [5.74, 6) is 0. The summed E-state index contributed by atoms with van der Waals surface area (Å²) in [6.45, 7) is 1.71. The van der Waals surface area contributed by atoms with Crippen LogP contribution in [0.25, 0.3) is 0 Å². The van der Waals surface area contributed by atoms with Gasteiger partial charge >= 0.3 is 0 Å². The molecule has 18 heavy (non-hydrogen) atoms. The van der Waals surface area contributed by atoms with Crippen LogP contribution < -0.4 is 5.56 Å². The summed E-state index contributed by atoms with van der Waals surface area (Å²) in [7, 11) is 0. The van der Waals surface area contributed by atoms with E-state index in [4.69, 9.17) is 24.6 Å². The average molecular weight is 303 g/mol. The molecule has 0 aromatic carbocycles. The highest BCUT2D eigenvalue weighted by Crippen LogP contribution is 2.29. The Kier molecular flexibility index (Phi) is 3.83. The molecule has 2 aromatic heterocycles. The van der Waals surface area contributed by atoms with Crippen molar-refractivity contribution in [3.05, 3.63) is 50.1 Å². The zero-order chi connectivity index (χ0) is 14.0. The maximum atomic E-state index is 11.3. The minimum Gasteiger partial charge on any atom is -0.301 e. The SMILES string of the molecule is [2H]C(Sc1nc(C)cc(=O)[nH]1)c1c(Cl)cncc1Cl. The van der Waals surface area contributed by atoms with E-state index in [-0.39, 0.29) is 5.56 Å². The molecule has 0 radical (unpaired) electrons. The van der Waals surface area contributed by atoms with Crippen LogP contribution in [0.15, 0.2) is 28.4 Å². The smallest absolute Gasteiger partial charge is 0.251 e. The average Bonchev–Trinajstić information content (AvgIpc) is 2.26. The summed E-state index contributed by atoms with van der Waals surface area (Å²) >= 11 is 13.0. The number of nitrogens with zero attached hydrogens (tertiary/aromatic N) is 2. The van der Waals surface area contributed by atoms with Crippen LogP contribution in [0.4, 0.5) is 0 Å². The van der Waals surface area contributed by atoms with Gasteiger partial charge in [0, 0.05) is 36.8 Å². The van der Waals surface area contributed by atoms with Gasteiger partial charge in [-0.3, -0.25) is 9.78 Å². The van der Waals surface area contributed by atoms with Crippen molar-refractivity contribution < 1.29 is 1.37 Å². The molecule has 1 atom stereocenters. The van der Waals surface area contributed by atoms with Gasteiger partial charge in [-0.15, -0.1) is 0 Å². The lowest BCUT2D eigenvalue weighted by Crippen LogP contribution is -2.08. The molecule has 0 aliphatic rings. The summed E-state index contributed by atoms with van der Waals surface area (Å²) in [5.41, 5.74) is -0.0140. The van der Waals surface area contributed by atoms with E-state index in [2.05, 4.69) is 15.0 Å². The first kappa shape index (κ1) is 12.0. The van der Waals surface area contributed by atoms with E-state index in [0.29, 0.717) is 26.5 Å². The zero-order valence-corrected chi connectivity index (χ0v) is 11.6. The van der Waals surface area contributed by atoms with Crippen molar-refractivity contribution in [1.29, 1.82) is 0 Å². The van der Waals surface area contributed by atoms with Crippen LogP contribution in [0.2, 0.25) is 10.0 Å². The minimum atomic E-state index is -0.798. The second kappa shape index (κ2) is 5.73. The Bertz CT molecular complexity index is 644. The normalized spacial score (nSPS) is 13.2. The number of H-pyrrole nitrogens is 1. The first-order valence-electron chi connectivity index (χ1n) is 5.51. The maximum Gasteiger partial charge on any atom is 0.251 e. The van der Waals surface area contributed by atoms with Crippen LogP contribution in [0.1, 0.15) is 12.6 Å². The Morgan fingerprint density at radius 3 is 2.72 bits per heavy atom. The molecule has 0 aliphatic carbocycles. The predicted octanol–water partition coefficient (Wildman–Crippen LogP) is 3.07. The second-order valence-electron chi connectivity index (χ2n) is 3.44. The first-order chi connectivity index (χ1) is 8.97. The van der Waals surface area contributed by atoms with Crippen molar-refractivity contribution in [2.24, 2.45) is 0 Å². The van der Waals surface area contributed by atoms with Crippen molar-refractivity contribution in [3.63, 3.8) is 0 Å². The fourth-order valence-electron chi connectivity index (χ4n) is 1.26. The molecule has 2 heterocycles. The lowest BCUT2D eigenvalue weighted by atomic mass is 10.3. The number of hydrogen-bond donors (Lipinski definition) is 1. The van der Waals surface area contributed by atoms with Gasteiger partial charge in [0.2, 0.25) is 0 Å². The maximum absolute atomic E-state index is 11.3. The number of aromatic amines is 1. The van der Waals surface area contributed by atoms with Crippen molar-refractivity contribution in [1.82, 2.24) is 15.0 Å². The van der Waals surface area contributed by atoms with Gasteiger partial charge in [-0.05, 0) is 6.92 Å². The molecule has 7 heteroatoms. The van der Waals surface area contributed by atoms with Crippen molar-refractivity contribution in [2.75, 3.05) is 0 Å². The quantitative estimate of drug-likeness (QED) is 0.699. The van der Waals surface area contributed by atoms with Gasteiger partial charge in [-0.1, -0.05) is 35.0 Å². The largest absolute Gasteiger partial charge is 0.301 e. The van der Waals surface area contributed by atoms with E-state index >= 15 is 0 Å². The molecule has 0 spiro atoms.